The number of halogens is 1. The normalized spacial score (nSPS) is 23.1. The van der Waals surface area contributed by atoms with Gasteiger partial charge in [0.2, 0.25) is 10.0 Å². The summed E-state index contributed by atoms with van der Waals surface area (Å²) in [5, 5.41) is 0. The molecule has 0 bridgehead atoms. The van der Waals surface area contributed by atoms with Crippen LogP contribution in [0.3, 0.4) is 0 Å². The molecule has 1 saturated carbocycles. The minimum absolute atomic E-state index is 0.0598. The van der Waals surface area contributed by atoms with Crippen molar-refractivity contribution in [2.75, 3.05) is 0 Å². The van der Waals surface area contributed by atoms with Crippen LogP contribution < -0.4 is 4.72 Å². The fourth-order valence-electron chi connectivity index (χ4n) is 1.58. The molecule has 0 spiro atoms. The second-order valence-electron chi connectivity index (χ2n) is 4.80. The Morgan fingerprint density at radius 1 is 1.38 bits per heavy atom. The summed E-state index contributed by atoms with van der Waals surface area (Å²) in [5.41, 5.74) is 0.0916. The second-order valence-corrected chi connectivity index (χ2v) is 7.33. The van der Waals surface area contributed by atoms with Crippen LogP contribution in [-0.2, 0) is 10.0 Å². The van der Waals surface area contributed by atoms with Crippen LogP contribution in [0.1, 0.15) is 20.3 Å². The minimum atomic E-state index is -3.40. The van der Waals surface area contributed by atoms with Gasteiger partial charge in [-0.3, -0.25) is 0 Å². The molecule has 1 aliphatic carbocycles. The SMILES string of the molecule is CC1(C)CC1NS(=O)(=O)c1ccccc1Br. The summed E-state index contributed by atoms with van der Waals surface area (Å²) in [6.07, 6.45) is 0.899. The van der Waals surface area contributed by atoms with Gasteiger partial charge < -0.3 is 0 Å². The maximum atomic E-state index is 12.1. The predicted octanol–water partition coefficient (Wildman–Crippen LogP) is 2.53. The molecule has 1 aliphatic rings. The molecule has 1 N–H and O–H groups in total. The monoisotopic (exact) mass is 303 g/mol. The van der Waals surface area contributed by atoms with Crippen LogP contribution in [0.25, 0.3) is 0 Å². The van der Waals surface area contributed by atoms with E-state index >= 15 is 0 Å². The molecule has 0 amide bonds. The van der Waals surface area contributed by atoms with Gasteiger partial charge in [0, 0.05) is 10.5 Å². The summed E-state index contributed by atoms with van der Waals surface area (Å²) >= 11 is 3.25. The lowest BCUT2D eigenvalue weighted by molar-refractivity contribution is 0.554. The second kappa shape index (κ2) is 3.82. The number of rotatable bonds is 3. The standard InChI is InChI=1S/C11H14BrNO2S/c1-11(2)7-10(11)13-16(14,15)9-6-4-3-5-8(9)12/h3-6,10,13H,7H2,1-2H3. The van der Waals surface area contributed by atoms with Crippen LogP contribution in [0.4, 0.5) is 0 Å². The fraction of sp³-hybridized carbons (Fsp3) is 0.455. The van der Waals surface area contributed by atoms with Crippen molar-refractivity contribution in [1.82, 2.24) is 4.72 Å². The molecule has 5 heteroatoms. The first-order valence-corrected chi connectivity index (χ1v) is 7.37. The van der Waals surface area contributed by atoms with Crippen molar-refractivity contribution in [3.05, 3.63) is 28.7 Å². The van der Waals surface area contributed by atoms with Crippen LogP contribution in [0.5, 0.6) is 0 Å². The third kappa shape index (κ3) is 2.31. The molecule has 88 valence electrons. The summed E-state index contributed by atoms with van der Waals surface area (Å²) < 4.78 is 27.4. The largest absolute Gasteiger partial charge is 0.241 e. The fourth-order valence-corrected chi connectivity index (χ4v) is 3.99. The molecule has 1 aromatic rings. The van der Waals surface area contributed by atoms with Crippen molar-refractivity contribution in [3.8, 4) is 0 Å². The summed E-state index contributed by atoms with van der Waals surface area (Å²) in [5.74, 6) is 0. The molecule has 0 aromatic heterocycles. The number of hydrogen-bond acceptors (Lipinski definition) is 2. The van der Waals surface area contributed by atoms with E-state index in [0.29, 0.717) is 9.37 Å². The van der Waals surface area contributed by atoms with Crippen LogP contribution >= 0.6 is 15.9 Å². The van der Waals surface area contributed by atoms with Crippen molar-refractivity contribution < 1.29 is 8.42 Å². The molecule has 2 rings (SSSR count). The van der Waals surface area contributed by atoms with E-state index in [-0.39, 0.29) is 11.5 Å². The van der Waals surface area contributed by atoms with Crippen molar-refractivity contribution in [2.45, 2.75) is 31.2 Å². The van der Waals surface area contributed by atoms with Crippen LogP contribution in [0.15, 0.2) is 33.6 Å². The molecule has 0 radical (unpaired) electrons. The number of sulfonamides is 1. The first-order chi connectivity index (χ1) is 7.33. The molecule has 0 heterocycles. The Balaban J connectivity index is 2.24. The van der Waals surface area contributed by atoms with Gasteiger partial charge in [0.25, 0.3) is 0 Å². The highest BCUT2D eigenvalue weighted by molar-refractivity contribution is 9.10. The number of nitrogens with one attached hydrogen (secondary N) is 1. The lowest BCUT2D eigenvalue weighted by atomic mass is 10.2. The van der Waals surface area contributed by atoms with Gasteiger partial charge in [-0.1, -0.05) is 26.0 Å². The van der Waals surface area contributed by atoms with Gasteiger partial charge in [0.1, 0.15) is 0 Å². The van der Waals surface area contributed by atoms with E-state index in [4.69, 9.17) is 0 Å². The molecule has 0 saturated heterocycles. The molecule has 0 aliphatic heterocycles. The van der Waals surface area contributed by atoms with E-state index in [9.17, 15) is 8.42 Å². The molecule has 1 atom stereocenters. The van der Waals surface area contributed by atoms with Crippen molar-refractivity contribution in [1.29, 1.82) is 0 Å². The zero-order chi connectivity index (χ0) is 12.0. The van der Waals surface area contributed by atoms with Gasteiger partial charge >= 0.3 is 0 Å². The third-order valence-corrected chi connectivity index (χ3v) is 5.42. The Morgan fingerprint density at radius 2 is 1.94 bits per heavy atom. The van der Waals surface area contributed by atoms with Crippen molar-refractivity contribution in [2.24, 2.45) is 5.41 Å². The zero-order valence-electron chi connectivity index (χ0n) is 9.20. The average Bonchev–Trinajstić information content (AvgIpc) is 2.72. The molecule has 1 unspecified atom stereocenters. The molecule has 3 nitrogen and oxygen atoms in total. The Kier molecular flexibility index (Phi) is 2.88. The zero-order valence-corrected chi connectivity index (χ0v) is 11.6. The Hall–Kier alpha value is -0.390. The number of benzene rings is 1. The van der Waals surface area contributed by atoms with E-state index in [0.717, 1.165) is 6.42 Å². The van der Waals surface area contributed by atoms with Gasteiger partial charge in [-0.15, -0.1) is 0 Å². The first-order valence-electron chi connectivity index (χ1n) is 5.10. The van der Waals surface area contributed by atoms with Gasteiger partial charge in [0.05, 0.1) is 4.90 Å². The Morgan fingerprint density at radius 3 is 2.44 bits per heavy atom. The highest BCUT2D eigenvalue weighted by Crippen LogP contribution is 2.45. The van der Waals surface area contributed by atoms with E-state index in [1.54, 1.807) is 24.3 Å². The quantitative estimate of drug-likeness (QED) is 0.932. The van der Waals surface area contributed by atoms with Crippen LogP contribution in [0.2, 0.25) is 0 Å². The molecule has 16 heavy (non-hydrogen) atoms. The van der Waals surface area contributed by atoms with E-state index in [1.165, 1.54) is 0 Å². The van der Waals surface area contributed by atoms with Crippen molar-refractivity contribution in [3.63, 3.8) is 0 Å². The van der Waals surface area contributed by atoms with Crippen LogP contribution in [-0.4, -0.2) is 14.5 Å². The molecule has 1 fully saturated rings. The Labute approximate surface area is 104 Å². The smallest absolute Gasteiger partial charge is 0.207 e. The van der Waals surface area contributed by atoms with E-state index in [1.807, 2.05) is 0 Å². The predicted molar refractivity (Wildman–Crippen MR) is 66.6 cm³/mol. The van der Waals surface area contributed by atoms with Crippen molar-refractivity contribution >= 4 is 26.0 Å². The van der Waals surface area contributed by atoms with Gasteiger partial charge in [-0.2, -0.15) is 0 Å². The summed E-state index contributed by atoms with van der Waals surface area (Å²) in [6, 6.07) is 6.90. The lowest BCUT2D eigenvalue weighted by Crippen LogP contribution is -2.28. The Bertz CT molecular complexity index is 510. The molecule has 1 aromatic carbocycles. The summed E-state index contributed by atoms with van der Waals surface area (Å²) in [7, 11) is -3.40. The number of hydrogen-bond donors (Lipinski definition) is 1. The first kappa shape index (κ1) is 12.1. The van der Waals surface area contributed by atoms with E-state index in [2.05, 4.69) is 34.5 Å². The molecular weight excluding hydrogens is 290 g/mol. The van der Waals surface area contributed by atoms with E-state index < -0.39 is 10.0 Å². The lowest BCUT2D eigenvalue weighted by Gasteiger charge is -2.09. The summed E-state index contributed by atoms with van der Waals surface area (Å²) in [4.78, 5) is 0.303. The highest BCUT2D eigenvalue weighted by atomic mass is 79.9. The topological polar surface area (TPSA) is 46.2 Å². The highest BCUT2D eigenvalue weighted by Gasteiger charge is 2.48. The minimum Gasteiger partial charge on any atom is -0.207 e. The maximum absolute atomic E-state index is 12.1. The maximum Gasteiger partial charge on any atom is 0.241 e. The molecular formula is C11H14BrNO2S. The third-order valence-electron chi connectivity index (χ3n) is 2.94. The van der Waals surface area contributed by atoms with Gasteiger partial charge in [-0.25, -0.2) is 13.1 Å². The van der Waals surface area contributed by atoms with Gasteiger partial charge in [-0.05, 0) is 39.9 Å². The van der Waals surface area contributed by atoms with Gasteiger partial charge in [0.15, 0.2) is 0 Å². The summed E-state index contributed by atoms with van der Waals surface area (Å²) in [6.45, 7) is 4.11. The van der Waals surface area contributed by atoms with Crippen LogP contribution in [0, 0.1) is 5.41 Å². The average molecular weight is 304 g/mol.